The summed E-state index contributed by atoms with van der Waals surface area (Å²) in [6.45, 7) is 8.03. The maximum atomic E-state index is 12.1. The van der Waals surface area contributed by atoms with Gasteiger partial charge in [0.15, 0.2) is 0 Å². The van der Waals surface area contributed by atoms with E-state index in [1.165, 1.54) is 0 Å². The smallest absolute Gasteiger partial charge is 0.309 e. The van der Waals surface area contributed by atoms with E-state index in [0.29, 0.717) is 18.6 Å². The van der Waals surface area contributed by atoms with Crippen LogP contribution in [0.1, 0.15) is 27.2 Å². The van der Waals surface area contributed by atoms with Crippen molar-refractivity contribution in [3.8, 4) is 0 Å². The van der Waals surface area contributed by atoms with Gasteiger partial charge in [0.2, 0.25) is 0 Å². The van der Waals surface area contributed by atoms with E-state index in [-0.39, 0.29) is 11.9 Å². The molecular weight excluding hydrogens is 206 g/mol. The molecule has 0 amide bonds. The number of hydrogen-bond acceptors (Lipinski definition) is 4. The lowest BCUT2D eigenvalue weighted by molar-refractivity contribution is -0.163. The van der Waals surface area contributed by atoms with Gasteiger partial charge < -0.3 is 14.8 Å². The van der Waals surface area contributed by atoms with E-state index < -0.39 is 5.60 Å². The highest BCUT2D eigenvalue weighted by molar-refractivity contribution is 5.73. The fourth-order valence-corrected chi connectivity index (χ4v) is 2.49. The summed E-state index contributed by atoms with van der Waals surface area (Å²) in [5, 5.41) is 3.40. The molecule has 1 N–H and O–H groups in total. The summed E-state index contributed by atoms with van der Waals surface area (Å²) in [5.74, 6) is 0.242. The molecule has 0 aromatic rings. The van der Waals surface area contributed by atoms with Crippen molar-refractivity contribution in [3.05, 3.63) is 0 Å². The lowest BCUT2D eigenvalue weighted by Crippen LogP contribution is -2.48. The van der Waals surface area contributed by atoms with Gasteiger partial charge in [0.1, 0.15) is 5.60 Å². The Morgan fingerprint density at radius 1 is 1.38 bits per heavy atom. The number of piperidine rings is 1. The van der Waals surface area contributed by atoms with E-state index in [1.54, 1.807) is 0 Å². The van der Waals surface area contributed by atoms with Crippen molar-refractivity contribution < 1.29 is 14.3 Å². The van der Waals surface area contributed by atoms with Crippen molar-refractivity contribution in [2.45, 2.75) is 38.8 Å². The third kappa shape index (κ3) is 2.55. The normalized spacial score (nSPS) is 34.6. The first-order chi connectivity index (χ1) is 7.47. The summed E-state index contributed by atoms with van der Waals surface area (Å²) < 4.78 is 10.9. The molecule has 0 saturated carbocycles. The van der Waals surface area contributed by atoms with Gasteiger partial charge >= 0.3 is 5.97 Å². The van der Waals surface area contributed by atoms with Gasteiger partial charge in [-0.25, -0.2) is 0 Å². The average Bonchev–Trinajstić information content (AvgIpc) is 2.61. The van der Waals surface area contributed by atoms with Gasteiger partial charge in [-0.2, -0.15) is 0 Å². The van der Waals surface area contributed by atoms with Crippen LogP contribution in [0.25, 0.3) is 0 Å². The van der Waals surface area contributed by atoms with Crippen molar-refractivity contribution >= 4 is 5.97 Å². The van der Waals surface area contributed by atoms with E-state index >= 15 is 0 Å². The molecule has 3 atom stereocenters. The molecule has 4 nitrogen and oxygen atoms in total. The summed E-state index contributed by atoms with van der Waals surface area (Å²) in [6.07, 6.45) is 0.861. The maximum Gasteiger partial charge on any atom is 0.309 e. The van der Waals surface area contributed by atoms with Crippen LogP contribution in [0.5, 0.6) is 0 Å². The minimum absolute atomic E-state index is 0.00738. The van der Waals surface area contributed by atoms with Crippen LogP contribution in [0.2, 0.25) is 0 Å². The summed E-state index contributed by atoms with van der Waals surface area (Å²) >= 11 is 0. The number of fused-ring (bicyclic) bond motifs is 1. The number of ether oxygens (including phenoxy) is 2. The summed E-state index contributed by atoms with van der Waals surface area (Å²) in [5.41, 5.74) is -0.392. The number of carbonyl (C=O) groups is 1. The molecule has 1 unspecified atom stereocenters. The van der Waals surface area contributed by atoms with Crippen LogP contribution in [0.3, 0.4) is 0 Å². The van der Waals surface area contributed by atoms with E-state index in [4.69, 9.17) is 9.47 Å². The van der Waals surface area contributed by atoms with Crippen LogP contribution < -0.4 is 5.32 Å². The Morgan fingerprint density at radius 3 is 2.81 bits per heavy atom. The van der Waals surface area contributed by atoms with E-state index in [1.807, 2.05) is 20.8 Å². The standard InChI is InChI=1S/C12H21NO3/c1-12(2,3)16-11(14)8-4-5-13-10-7-15-6-9(8)10/h8-10,13H,4-7H2,1-3H3/t8?,9-,10+/m0/s1. The predicted octanol–water partition coefficient (Wildman–Crippen LogP) is 0.953. The van der Waals surface area contributed by atoms with Crippen LogP contribution in [0, 0.1) is 11.8 Å². The Morgan fingerprint density at radius 2 is 2.12 bits per heavy atom. The van der Waals surface area contributed by atoms with Crippen molar-refractivity contribution in [1.29, 1.82) is 0 Å². The second kappa shape index (κ2) is 4.34. The minimum atomic E-state index is -0.392. The van der Waals surface area contributed by atoms with Gasteiger partial charge in [0, 0.05) is 12.0 Å². The molecule has 2 aliphatic rings. The minimum Gasteiger partial charge on any atom is -0.460 e. The lowest BCUT2D eigenvalue weighted by Gasteiger charge is -2.33. The Labute approximate surface area is 96.7 Å². The topological polar surface area (TPSA) is 47.6 Å². The third-order valence-electron chi connectivity index (χ3n) is 3.21. The predicted molar refractivity (Wildman–Crippen MR) is 60.1 cm³/mol. The Hall–Kier alpha value is -0.610. The fraction of sp³-hybridized carbons (Fsp3) is 0.917. The summed E-state index contributed by atoms with van der Waals surface area (Å²) in [6, 6.07) is 0.339. The zero-order valence-corrected chi connectivity index (χ0v) is 10.3. The Balaban J connectivity index is 2.00. The van der Waals surface area contributed by atoms with E-state index in [2.05, 4.69) is 5.32 Å². The van der Waals surface area contributed by atoms with Crippen molar-refractivity contribution in [1.82, 2.24) is 5.32 Å². The van der Waals surface area contributed by atoms with Crippen LogP contribution in [0.4, 0.5) is 0 Å². The van der Waals surface area contributed by atoms with Gasteiger partial charge in [-0.05, 0) is 33.7 Å². The molecule has 2 aliphatic heterocycles. The van der Waals surface area contributed by atoms with Crippen LogP contribution in [-0.4, -0.2) is 37.4 Å². The molecule has 16 heavy (non-hydrogen) atoms. The van der Waals surface area contributed by atoms with Crippen molar-refractivity contribution in [3.63, 3.8) is 0 Å². The number of carbonyl (C=O) groups excluding carboxylic acids is 1. The molecule has 2 saturated heterocycles. The molecule has 0 bridgehead atoms. The maximum absolute atomic E-state index is 12.1. The van der Waals surface area contributed by atoms with Gasteiger partial charge in [0.05, 0.1) is 19.1 Å². The third-order valence-corrected chi connectivity index (χ3v) is 3.21. The first-order valence-corrected chi connectivity index (χ1v) is 6.01. The lowest BCUT2D eigenvalue weighted by atomic mass is 9.82. The van der Waals surface area contributed by atoms with Gasteiger partial charge in [0.25, 0.3) is 0 Å². The Bertz CT molecular complexity index is 272. The monoisotopic (exact) mass is 227 g/mol. The number of nitrogens with one attached hydrogen (secondary N) is 1. The van der Waals surface area contributed by atoms with Crippen LogP contribution >= 0.6 is 0 Å². The van der Waals surface area contributed by atoms with Crippen molar-refractivity contribution in [2.75, 3.05) is 19.8 Å². The van der Waals surface area contributed by atoms with Crippen molar-refractivity contribution in [2.24, 2.45) is 11.8 Å². The molecular formula is C12H21NO3. The molecule has 4 heteroatoms. The second-order valence-corrected chi connectivity index (χ2v) is 5.69. The summed E-state index contributed by atoms with van der Waals surface area (Å²) in [7, 11) is 0. The zero-order chi connectivity index (χ0) is 11.8. The molecule has 0 aromatic heterocycles. The van der Waals surface area contributed by atoms with E-state index in [9.17, 15) is 4.79 Å². The largest absolute Gasteiger partial charge is 0.460 e. The van der Waals surface area contributed by atoms with Crippen LogP contribution in [0.15, 0.2) is 0 Å². The fourth-order valence-electron chi connectivity index (χ4n) is 2.49. The van der Waals surface area contributed by atoms with Crippen LogP contribution in [-0.2, 0) is 14.3 Å². The average molecular weight is 227 g/mol. The molecule has 0 radical (unpaired) electrons. The second-order valence-electron chi connectivity index (χ2n) is 5.69. The number of hydrogen-bond donors (Lipinski definition) is 1. The molecule has 0 aromatic carbocycles. The molecule has 2 heterocycles. The highest BCUT2D eigenvalue weighted by atomic mass is 16.6. The first kappa shape index (κ1) is 11.9. The highest BCUT2D eigenvalue weighted by Gasteiger charge is 2.42. The van der Waals surface area contributed by atoms with Gasteiger partial charge in [-0.1, -0.05) is 0 Å². The van der Waals surface area contributed by atoms with Gasteiger partial charge in [-0.15, -0.1) is 0 Å². The molecule has 0 spiro atoms. The molecule has 0 aliphatic carbocycles. The Kier molecular flexibility index (Phi) is 3.22. The summed E-state index contributed by atoms with van der Waals surface area (Å²) in [4.78, 5) is 12.1. The van der Waals surface area contributed by atoms with E-state index in [0.717, 1.165) is 19.6 Å². The quantitative estimate of drug-likeness (QED) is 0.678. The molecule has 2 fully saturated rings. The van der Waals surface area contributed by atoms with Gasteiger partial charge in [-0.3, -0.25) is 4.79 Å². The molecule has 92 valence electrons. The first-order valence-electron chi connectivity index (χ1n) is 6.01. The highest BCUT2D eigenvalue weighted by Crippen LogP contribution is 2.30. The number of rotatable bonds is 1. The number of esters is 1. The molecule has 2 rings (SSSR count). The zero-order valence-electron chi connectivity index (χ0n) is 10.3. The SMILES string of the molecule is CC(C)(C)OC(=O)C1CCN[C@@H]2COC[C@@H]12.